The predicted molar refractivity (Wildman–Crippen MR) is 51.0 cm³/mol. The number of Topliss-reactive ketones (excluding diaryl/α,β-unsaturated/α-hetero) is 1. The Morgan fingerprint density at radius 3 is 2.83 bits per heavy atom. The van der Waals surface area contributed by atoms with Crippen LogP contribution in [0.3, 0.4) is 0 Å². The first-order valence-corrected chi connectivity index (χ1v) is 5.24. The Labute approximate surface area is 75.5 Å². The van der Waals surface area contributed by atoms with Gasteiger partial charge in [0.15, 0.2) is 0 Å². The standard InChI is InChI=1S/C11H20O/c1-3-4-9(2)7-10-5-6-11(12)8-10/h9-10H,3-8H2,1-2H3. The molecule has 1 rings (SSSR count). The zero-order valence-corrected chi connectivity index (χ0v) is 8.31. The Bertz CT molecular complexity index is 151. The van der Waals surface area contributed by atoms with Gasteiger partial charge in [0.25, 0.3) is 0 Å². The van der Waals surface area contributed by atoms with Gasteiger partial charge in [0.05, 0.1) is 0 Å². The van der Waals surface area contributed by atoms with E-state index in [1.165, 1.54) is 19.3 Å². The minimum absolute atomic E-state index is 0.490. The Kier molecular flexibility index (Phi) is 3.77. The average Bonchev–Trinajstić information content (AvgIpc) is 2.36. The first-order valence-electron chi connectivity index (χ1n) is 5.24. The normalized spacial score (nSPS) is 26.2. The highest BCUT2D eigenvalue weighted by atomic mass is 16.1. The SMILES string of the molecule is CCCC(C)CC1CCC(=O)C1. The summed E-state index contributed by atoms with van der Waals surface area (Å²) in [7, 11) is 0. The predicted octanol–water partition coefficient (Wildman–Crippen LogP) is 3.18. The highest BCUT2D eigenvalue weighted by Crippen LogP contribution is 2.29. The molecule has 0 heterocycles. The van der Waals surface area contributed by atoms with Crippen LogP contribution in [0.1, 0.15) is 52.4 Å². The molecule has 0 N–H and O–H groups in total. The van der Waals surface area contributed by atoms with Gasteiger partial charge in [-0.25, -0.2) is 0 Å². The number of carbonyl (C=O) groups excluding carboxylic acids is 1. The number of ketones is 1. The quantitative estimate of drug-likeness (QED) is 0.630. The highest BCUT2D eigenvalue weighted by Gasteiger charge is 2.23. The minimum Gasteiger partial charge on any atom is -0.300 e. The molecule has 0 aromatic rings. The monoisotopic (exact) mass is 168 g/mol. The van der Waals surface area contributed by atoms with Crippen LogP contribution >= 0.6 is 0 Å². The summed E-state index contributed by atoms with van der Waals surface area (Å²) in [6, 6.07) is 0. The van der Waals surface area contributed by atoms with Crippen molar-refractivity contribution >= 4 is 5.78 Å². The van der Waals surface area contributed by atoms with Crippen LogP contribution in [-0.2, 0) is 4.79 Å². The summed E-state index contributed by atoms with van der Waals surface area (Å²) in [5.74, 6) is 2.04. The van der Waals surface area contributed by atoms with E-state index in [1.54, 1.807) is 0 Å². The molecule has 1 fully saturated rings. The van der Waals surface area contributed by atoms with Gasteiger partial charge in [-0.15, -0.1) is 0 Å². The first kappa shape index (κ1) is 9.76. The summed E-state index contributed by atoms with van der Waals surface area (Å²) in [5.41, 5.74) is 0. The van der Waals surface area contributed by atoms with Gasteiger partial charge in [0.1, 0.15) is 5.78 Å². The summed E-state index contributed by atoms with van der Waals surface area (Å²) >= 11 is 0. The van der Waals surface area contributed by atoms with Gasteiger partial charge in [0, 0.05) is 12.8 Å². The molecule has 2 atom stereocenters. The van der Waals surface area contributed by atoms with Gasteiger partial charge in [-0.3, -0.25) is 4.79 Å². The third kappa shape index (κ3) is 2.96. The van der Waals surface area contributed by atoms with Crippen molar-refractivity contribution in [3.8, 4) is 0 Å². The molecule has 1 aliphatic carbocycles. The van der Waals surface area contributed by atoms with E-state index in [-0.39, 0.29) is 0 Å². The molecule has 0 bridgehead atoms. The third-order valence-electron chi connectivity index (χ3n) is 2.86. The fourth-order valence-corrected chi connectivity index (χ4v) is 2.27. The number of rotatable bonds is 4. The fraction of sp³-hybridized carbons (Fsp3) is 0.909. The maximum atomic E-state index is 11.0. The zero-order valence-electron chi connectivity index (χ0n) is 8.31. The van der Waals surface area contributed by atoms with Gasteiger partial charge in [-0.1, -0.05) is 26.7 Å². The van der Waals surface area contributed by atoms with Crippen LogP contribution in [0.15, 0.2) is 0 Å². The van der Waals surface area contributed by atoms with Crippen molar-refractivity contribution in [2.45, 2.75) is 52.4 Å². The third-order valence-corrected chi connectivity index (χ3v) is 2.86. The average molecular weight is 168 g/mol. The molecule has 0 amide bonds. The highest BCUT2D eigenvalue weighted by molar-refractivity contribution is 5.80. The number of carbonyl (C=O) groups is 1. The molecular weight excluding hydrogens is 148 g/mol. The van der Waals surface area contributed by atoms with Gasteiger partial charge in [-0.2, -0.15) is 0 Å². The van der Waals surface area contributed by atoms with Crippen LogP contribution in [-0.4, -0.2) is 5.78 Å². The van der Waals surface area contributed by atoms with Gasteiger partial charge >= 0.3 is 0 Å². The first-order chi connectivity index (χ1) is 5.72. The second-order valence-electron chi connectivity index (χ2n) is 4.28. The van der Waals surface area contributed by atoms with Crippen molar-refractivity contribution in [3.05, 3.63) is 0 Å². The molecule has 1 nitrogen and oxygen atoms in total. The summed E-state index contributed by atoms with van der Waals surface area (Å²) in [4.78, 5) is 11.0. The van der Waals surface area contributed by atoms with Crippen molar-refractivity contribution in [1.29, 1.82) is 0 Å². The van der Waals surface area contributed by atoms with E-state index in [4.69, 9.17) is 0 Å². The van der Waals surface area contributed by atoms with Crippen LogP contribution in [0.5, 0.6) is 0 Å². The lowest BCUT2D eigenvalue weighted by Crippen LogP contribution is -2.03. The van der Waals surface area contributed by atoms with Crippen molar-refractivity contribution in [2.75, 3.05) is 0 Å². The Hall–Kier alpha value is -0.330. The molecule has 1 saturated carbocycles. The van der Waals surface area contributed by atoms with Crippen molar-refractivity contribution in [3.63, 3.8) is 0 Å². The molecule has 1 aliphatic rings. The van der Waals surface area contributed by atoms with E-state index in [0.717, 1.165) is 31.1 Å². The van der Waals surface area contributed by atoms with Crippen LogP contribution in [0.4, 0.5) is 0 Å². The van der Waals surface area contributed by atoms with E-state index in [9.17, 15) is 4.79 Å². The van der Waals surface area contributed by atoms with Gasteiger partial charge in [0.2, 0.25) is 0 Å². The summed E-state index contributed by atoms with van der Waals surface area (Å²) < 4.78 is 0. The fourth-order valence-electron chi connectivity index (χ4n) is 2.27. The maximum absolute atomic E-state index is 11.0. The molecule has 70 valence electrons. The molecule has 1 heteroatoms. The molecule has 0 aromatic heterocycles. The Balaban J connectivity index is 2.18. The van der Waals surface area contributed by atoms with Crippen molar-refractivity contribution in [1.82, 2.24) is 0 Å². The van der Waals surface area contributed by atoms with E-state index in [1.807, 2.05) is 0 Å². The molecule has 0 spiro atoms. The van der Waals surface area contributed by atoms with Gasteiger partial charge < -0.3 is 0 Å². The van der Waals surface area contributed by atoms with Crippen LogP contribution in [0, 0.1) is 11.8 Å². The Morgan fingerprint density at radius 2 is 2.33 bits per heavy atom. The smallest absolute Gasteiger partial charge is 0.133 e. The van der Waals surface area contributed by atoms with Gasteiger partial charge in [-0.05, 0) is 24.7 Å². The largest absolute Gasteiger partial charge is 0.300 e. The van der Waals surface area contributed by atoms with Crippen LogP contribution < -0.4 is 0 Å². The van der Waals surface area contributed by atoms with E-state index < -0.39 is 0 Å². The number of hydrogen-bond acceptors (Lipinski definition) is 1. The molecule has 0 saturated heterocycles. The molecule has 2 unspecified atom stereocenters. The maximum Gasteiger partial charge on any atom is 0.133 e. The lowest BCUT2D eigenvalue weighted by Gasteiger charge is -2.14. The lowest BCUT2D eigenvalue weighted by molar-refractivity contribution is -0.117. The van der Waals surface area contributed by atoms with E-state index in [0.29, 0.717) is 5.78 Å². The van der Waals surface area contributed by atoms with E-state index in [2.05, 4.69) is 13.8 Å². The zero-order chi connectivity index (χ0) is 8.97. The summed E-state index contributed by atoms with van der Waals surface area (Å²) in [6.07, 6.45) is 6.76. The molecular formula is C11H20O. The summed E-state index contributed by atoms with van der Waals surface area (Å²) in [6.45, 7) is 4.54. The number of hydrogen-bond donors (Lipinski definition) is 0. The molecule has 12 heavy (non-hydrogen) atoms. The second-order valence-corrected chi connectivity index (χ2v) is 4.28. The van der Waals surface area contributed by atoms with Crippen molar-refractivity contribution in [2.24, 2.45) is 11.8 Å². The minimum atomic E-state index is 0.490. The lowest BCUT2D eigenvalue weighted by atomic mass is 9.92. The molecule has 0 radical (unpaired) electrons. The van der Waals surface area contributed by atoms with Crippen molar-refractivity contribution < 1.29 is 4.79 Å². The molecule has 0 aliphatic heterocycles. The molecule has 0 aromatic carbocycles. The topological polar surface area (TPSA) is 17.1 Å². The second kappa shape index (κ2) is 4.64. The van der Waals surface area contributed by atoms with Crippen LogP contribution in [0.25, 0.3) is 0 Å². The van der Waals surface area contributed by atoms with E-state index >= 15 is 0 Å². The summed E-state index contributed by atoms with van der Waals surface area (Å²) in [5, 5.41) is 0. The Morgan fingerprint density at radius 1 is 1.58 bits per heavy atom. The van der Waals surface area contributed by atoms with Crippen LogP contribution in [0.2, 0.25) is 0 Å².